The largest absolute Gasteiger partial charge is 0.382 e. The van der Waals surface area contributed by atoms with Crippen molar-refractivity contribution in [3.63, 3.8) is 0 Å². The van der Waals surface area contributed by atoms with Crippen LogP contribution < -0.4 is 5.73 Å². The normalized spacial score (nSPS) is 11.1. The number of H-pyrrole nitrogens is 2. The first-order chi connectivity index (χ1) is 10.7. The molecule has 108 valence electrons. The summed E-state index contributed by atoms with van der Waals surface area (Å²) in [6.45, 7) is 2.06. The molecular formula is C17H15N5. The molecule has 4 N–H and O–H groups in total. The molecule has 5 heteroatoms. The maximum absolute atomic E-state index is 6.08. The van der Waals surface area contributed by atoms with Crippen molar-refractivity contribution in [2.24, 2.45) is 0 Å². The Kier molecular flexibility index (Phi) is 2.72. The number of nitrogens with two attached hydrogens (primary N) is 1. The minimum atomic E-state index is 0.442. The Morgan fingerprint density at radius 3 is 2.59 bits per heavy atom. The van der Waals surface area contributed by atoms with E-state index in [1.54, 1.807) is 0 Å². The lowest BCUT2D eigenvalue weighted by molar-refractivity contribution is 1.10. The predicted octanol–water partition coefficient (Wildman–Crippen LogP) is 3.51. The van der Waals surface area contributed by atoms with E-state index >= 15 is 0 Å². The van der Waals surface area contributed by atoms with Gasteiger partial charge in [-0.15, -0.1) is 0 Å². The zero-order valence-corrected chi connectivity index (χ0v) is 12.1. The van der Waals surface area contributed by atoms with Crippen molar-refractivity contribution in [1.29, 1.82) is 0 Å². The van der Waals surface area contributed by atoms with E-state index in [9.17, 15) is 0 Å². The van der Waals surface area contributed by atoms with Gasteiger partial charge >= 0.3 is 0 Å². The smallest absolute Gasteiger partial charge is 0.156 e. The fraction of sp³-hybridized carbons (Fsp3) is 0.0588. The highest BCUT2D eigenvalue weighted by Gasteiger charge is 2.18. The van der Waals surface area contributed by atoms with Gasteiger partial charge in [0.2, 0.25) is 0 Å². The number of aromatic nitrogens is 4. The molecule has 0 aliphatic rings. The molecule has 0 saturated heterocycles. The number of aryl methyl sites for hydroxylation is 1. The third-order valence-electron chi connectivity index (χ3n) is 3.83. The fourth-order valence-corrected chi connectivity index (χ4v) is 2.72. The summed E-state index contributed by atoms with van der Waals surface area (Å²) in [5.41, 5.74) is 11.9. The summed E-state index contributed by atoms with van der Waals surface area (Å²) >= 11 is 0. The van der Waals surface area contributed by atoms with Crippen molar-refractivity contribution in [3.8, 4) is 22.6 Å². The van der Waals surface area contributed by atoms with Gasteiger partial charge in [0, 0.05) is 5.56 Å². The molecule has 2 heterocycles. The third-order valence-corrected chi connectivity index (χ3v) is 3.83. The average molecular weight is 289 g/mol. The van der Waals surface area contributed by atoms with E-state index in [0.29, 0.717) is 5.82 Å². The van der Waals surface area contributed by atoms with Crippen molar-refractivity contribution in [2.75, 3.05) is 5.73 Å². The third kappa shape index (κ3) is 1.87. The molecule has 2 aromatic carbocycles. The molecule has 0 unspecified atom stereocenters. The van der Waals surface area contributed by atoms with E-state index in [0.717, 1.165) is 39.2 Å². The number of nitrogen functional groups attached to an aromatic ring is 1. The number of hydrogen-bond donors (Lipinski definition) is 3. The lowest BCUT2D eigenvalue weighted by atomic mass is 10.0. The summed E-state index contributed by atoms with van der Waals surface area (Å²) in [5, 5.41) is 7.21. The average Bonchev–Trinajstić information content (AvgIpc) is 3.10. The highest BCUT2D eigenvalue weighted by atomic mass is 15.2. The van der Waals surface area contributed by atoms with Crippen molar-refractivity contribution < 1.29 is 0 Å². The predicted molar refractivity (Wildman–Crippen MR) is 88.3 cm³/mol. The number of fused-ring (bicyclic) bond motifs is 1. The number of benzene rings is 2. The first kappa shape index (κ1) is 12.6. The van der Waals surface area contributed by atoms with Crippen LogP contribution in [0.5, 0.6) is 0 Å². The summed E-state index contributed by atoms with van der Waals surface area (Å²) in [5.74, 6) is 1.17. The van der Waals surface area contributed by atoms with Gasteiger partial charge < -0.3 is 10.7 Å². The lowest BCUT2D eigenvalue weighted by Gasteiger charge is -2.05. The van der Waals surface area contributed by atoms with E-state index in [2.05, 4.69) is 39.2 Å². The van der Waals surface area contributed by atoms with Gasteiger partial charge in [0.15, 0.2) is 5.82 Å². The van der Waals surface area contributed by atoms with Gasteiger partial charge in [0.05, 0.1) is 22.3 Å². The van der Waals surface area contributed by atoms with Crippen LogP contribution in [0.2, 0.25) is 0 Å². The molecule has 0 amide bonds. The number of aromatic amines is 2. The Morgan fingerprint density at radius 1 is 1.00 bits per heavy atom. The molecule has 0 atom stereocenters. The van der Waals surface area contributed by atoms with Crippen molar-refractivity contribution >= 4 is 16.9 Å². The zero-order valence-electron chi connectivity index (χ0n) is 12.1. The van der Waals surface area contributed by atoms with Gasteiger partial charge in [-0.25, -0.2) is 4.98 Å². The van der Waals surface area contributed by atoms with Gasteiger partial charge in [0.1, 0.15) is 5.82 Å². The van der Waals surface area contributed by atoms with Crippen molar-refractivity contribution in [2.45, 2.75) is 6.92 Å². The molecule has 4 rings (SSSR count). The second-order valence-electron chi connectivity index (χ2n) is 5.28. The Balaban J connectivity index is 1.96. The van der Waals surface area contributed by atoms with Crippen LogP contribution in [0.15, 0.2) is 48.5 Å². The summed E-state index contributed by atoms with van der Waals surface area (Å²) < 4.78 is 0. The minimum Gasteiger partial charge on any atom is -0.382 e. The quantitative estimate of drug-likeness (QED) is 0.528. The fourth-order valence-electron chi connectivity index (χ4n) is 2.72. The number of para-hydroxylation sites is 2. The first-order valence-electron chi connectivity index (χ1n) is 7.09. The van der Waals surface area contributed by atoms with Gasteiger partial charge in [0.25, 0.3) is 0 Å². The number of hydrogen-bond acceptors (Lipinski definition) is 3. The standard InChI is InChI=1S/C17H15N5/c1-10-6-2-3-7-11(10)15-14(16(18)22-21-15)17-19-12-8-4-5-9-13(12)20-17/h2-9H,1H3,(H,19,20)(H3,18,21,22). The molecule has 0 spiro atoms. The molecule has 22 heavy (non-hydrogen) atoms. The molecule has 0 aliphatic heterocycles. The monoisotopic (exact) mass is 289 g/mol. The molecule has 0 saturated carbocycles. The molecule has 2 aromatic heterocycles. The Hall–Kier alpha value is -3.08. The van der Waals surface area contributed by atoms with E-state index in [-0.39, 0.29) is 0 Å². The molecule has 0 radical (unpaired) electrons. The second kappa shape index (κ2) is 4.73. The van der Waals surface area contributed by atoms with Crippen LogP contribution in [0, 0.1) is 6.92 Å². The minimum absolute atomic E-state index is 0.442. The van der Waals surface area contributed by atoms with Crippen LogP contribution in [-0.2, 0) is 0 Å². The number of anilines is 1. The number of nitrogens with one attached hydrogen (secondary N) is 2. The van der Waals surface area contributed by atoms with Gasteiger partial charge in [-0.05, 0) is 24.6 Å². The summed E-state index contributed by atoms with van der Waals surface area (Å²) in [6.07, 6.45) is 0. The molecule has 4 aromatic rings. The SMILES string of the molecule is Cc1ccccc1-c1[nH]nc(N)c1-c1nc2ccccc2[nH]1. The number of imidazole rings is 1. The van der Waals surface area contributed by atoms with Gasteiger partial charge in [-0.1, -0.05) is 36.4 Å². The Morgan fingerprint density at radius 2 is 1.77 bits per heavy atom. The first-order valence-corrected chi connectivity index (χ1v) is 7.09. The van der Waals surface area contributed by atoms with E-state index in [4.69, 9.17) is 5.73 Å². The summed E-state index contributed by atoms with van der Waals surface area (Å²) in [4.78, 5) is 7.95. The Labute approximate surface area is 127 Å². The van der Waals surface area contributed by atoms with Gasteiger partial charge in [-0.2, -0.15) is 5.10 Å². The van der Waals surface area contributed by atoms with Crippen LogP contribution >= 0.6 is 0 Å². The van der Waals surface area contributed by atoms with Gasteiger partial charge in [-0.3, -0.25) is 5.10 Å². The van der Waals surface area contributed by atoms with E-state index in [1.807, 2.05) is 36.4 Å². The molecule has 0 bridgehead atoms. The maximum Gasteiger partial charge on any atom is 0.156 e. The van der Waals surface area contributed by atoms with Crippen LogP contribution in [-0.4, -0.2) is 20.2 Å². The zero-order chi connectivity index (χ0) is 15.1. The van der Waals surface area contributed by atoms with Crippen LogP contribution in [0.3, 0.4) is 0 Å². The van der Waals surface area contributed by atoms with Crippen LogP contribution in [0.1, 0.15) is 5.56 Å². The lowest BCUT2D eigenvalue weighted by Crippen LogP contribution is -1.91. The molecule has 5 nitrogen and oxygen atoms in total. The van der Waals surface area contributed by atoms with Crippen molar-refractivity contribution in [3.05, 3.63) is 54.1 Å². The van der Waals surface area contributed by atoms with Crippen molar-refractivity contribution in [1.82, 2.24) is 20.2 Å². The molecule has 0 aliphatic carbocycles. The molecule has 0 fully saturated rings. The Bertz CT molecular complexity index is 931. The second-order valence-corrected chi connectivity index (χ2v) is 5.28. The van der Waals surface area contributed by atoms with E-state index in [1.165, 1.54) is 0 Å². The highest BCUT2D eigenvalue weighted by Crippen LogP contribution is 2.35. The maximum atomic E-state index is 6.08. The highest BCUT2D eigenvalue weighted by molar-refractivity contribution is 5.89. The number of rotatable bonds is 2. The topological polar surface area (TPSA) is 83.4 Å². The van der Waals surface area contributed by atoms with Crippen LogP contribution in [0.25, 0.3) is 33.7 Å². The van der Waals surface area contributed by atoms with E-state index < -0.39 is 0 Å². The molecular weight excluding hydrogens is 274 g/mol. The summed E-state index contributed by atoms with van der Waals surface area (Å²) in [6, 6.07) is 16.0. The number of nitrogens with zero attached hydrogens (tertiary/aromatic N) is 2. The van der Waals surface area contributed by atoms with Crippen LogP contribution in [0.4, 0.5) is 5.82 Å². The summed E-state index contributed by atoms with van der Waals surface area (Å²) in [7, 11) is 0.